The molecular weight excluding hydrogens is 217 g/mol. The van der Waals surface area contributed by atoms with E-state index < -0.39 is 12.8 Å². The van der Waals surface area contributed by atoms with E-state index in [9.17, 15) is 18.0 Å². The molecule has 1 aromatic heterocycles. The van der Waals surface area contributed by atoms with Crippen molar-refractivity contribution in [1.82, 2.24) is 9.78 Å². The molecule has 0 saturated heterocycles. The Bertz CT molecular complexity index is 348. The number of alkyl halides is 3. The molecule has 0 saturated carbocycles. The summed E-state index contributed by atoms with van der Waals surface area (Å²) in [6.45, 7) is -1.30. The largest absolute Gasteiger partial charge is 0.467 e. The number of carbonyl (C=O) groups excluding carboxylic acids is 1. The van der Waals surface area contributed by atoms with Gasteiger partial charge in [0.15, 0.2) is 6.61 Å². The van der Waals surface area contributed by atoms with Crippen LogP contribution in [0.25, 0.3) is 0 Å². The van der Waals surface area contributed by atoms with Gasteiger partial charge in [-0.15, -0.1) is 5.10 Å². The summed E-state index contributed by atoms with van der Waals surface area (Å²) in [6, 6.07) is 1.08. The molecule has 0 spiro atoms. The monoisotopic (exact) mass is 224 g/mol. The van der Waals surface area contributed by atoms with Crippen molar-refractivity contribution in [2.24, 2.45) is 7.05 Å². The van der Waals surface area contributed by atoms with Gasteiger partial charge in [0, 0.05) is 7.05 Å². The van der Waals surface area contributed by atoms with E-state index in [1.807, 2.05) is 0 Å². The molecular formula is C7H7F3N2O3. The first kappa shape index (κ1) is 11.3. The summed E-state index contributed by atoms with van der Waals surface area (Å²) in [4.78, 5) is 9.97. The van der Waals surface area contributed by atoms with Crippen LogP contribution < -0.4 is 9.47 Å². The van der Waals surface area contributed by atoms with Crippen LogP contribution >= 0.6 is 0 Å². The van der Waals surface area contributed by atoms with Crippen molar-refractivity contribution in [2.75, 3.05) is 6.61 Å². The molecule has 1 aromatic rings. The van der Waals surface area contributed by atoms with Gasteiger partial charge in [-0.3, -0.25) is 4.79 Å². The highest BCUT2D eigenvalue weighted by Gasteiger charge is 2.29. The molecule has 0 aliphatic rings. The van der Waals surface area contributed by atoms with E-state index in [2.05, 4.69) is 14.6 Å². The van der Waals surface area contributed by atoms with Crippen LogP contribution in [-0.4, -0.2) is 29.0 Å². The second-order valence-electron chi connectivity index (χ2n) is 2.56. The van der Waals surface area contributed by atoms with Gasteiger partial charge in [-0.25, -0.2) is 4.68 Å². The highest BCUT2D eigenvalue weighted by atomic mass is 19.4. The molecule has 0 bridgehead atoms. The van der Waals surface area contributed by atoms with Gasteiger partial charge in [-0.2, -0.15) is 13.2 Å². The van der Waals surface area contributed by atoms with Crippen molar-refractivity contribution in [3.05, 3.63) is 6.07 Å². The van der Waals surface area contributed by atoms with Gasteiger partial charge in [-0.05, 0) is 0 Å². The van der Waals surface area contributed by atoms with E-state index in [1.54, 1.807) is 0 Å². The van der Waals surface area contributed by atoms with Gasteiger partial charge in [-0.1, -0.05) is 0 Å². The molecule has 0 N–H and O–H groups in total. The summed E-state index contributed by atoms with van der Waals surface area (Å²) in [5.74, 6) is -0.256. The molecule has 1 rings (SSSR count). The molecule has 5 nitrogen and oxygen atoms in total. The predicted molar refractivity (Wildman–Crippen MR) is 41.5 cm³/mol. The number of rotatable bonds is 4. The minimum atomic E-state index is -4.43. The Kier molecular flexibility index (Phi) is 3.17. The maximum atomic E-state index is 11.7. The summed E-state index contributed by atoms with van der Waals surface area (Å²) < 4.78 is 45.1. The number of aryl methyl sites for hydroxylation is 1. The van der Waals surface area contributed by atoms with Crippen LogP contribution in [0.2, 0.25) is 0 Å². The van der Waals surface area contributed by atoms with E-state index >= 15 is 0 Å². The zero-order valence-corrected chi connectivity index (χ0v) is 7.61. The second kappa shape index (κ2) is 4.20. The van der Waals surface area contributed by atoms with Crippen LogP contribution in [0.4, 0.5) is 13.2 Å². The van der Waals surface area contributed by atoms with Crippen molar-refractivity contribution in [1.29, 1.82) is 0 Å². The quantitative estimate of drug-likeness (QED) is 0.713. The topological polar surface area (TPSA) is 53.4 Å². The molecule has 0 aromatic carbocycles. The Balaban J connectivity index is 2.63. The lowest BCUT2D eigenvalue weighted by atomic mass is 10.6. The van der Waals surface area contributed by atoms with Crippen LogP contribution in [0.1, 0.15) is 0 Å². The maximum Gasteiger partial charge on any atom is 0.422 e. The van der Waals surface area contributed by atoms with E-state index in [0.29, 0.717) is 0 Å². The first-order valence-corrected chi connectivity index (χ1v) is 3.76. The van der Waals surface area contributed by atoms with Gasteiger partial charge in [0.05, 0.1) is 6.07 Å². The van der Waals surface area contributed by atoms with E-state index in [1.165, 1.54) is 7.05 Å². The van der Waals surface area contributed by atoms with E-state index in [0.717, 1.165) is 10.7 Å². The molecule has 0 atom stereocenters. The predicted octanol–water partition coefficient (Wildman–Crippen LogP) is 0.896. The Morgan fingerprint density at radius 1 is 1.60 bits per heavy atom. The molecule has 0 unspecified atom stereocenters. The fraction of sp³-hybridized carbons (Fsp3) is 0.429. The number of halogens is 3. The number of carbonyl (C=O) groups is 1. The zero-order chi connectivity index (χ0) is 11.5. The highest BCUT2D eigenvalue weighted by Crippen LogP contribution is 2.20. The first-order valence-electron chi connectivity index (χ1n) is 3.76. The second-order valence-corrected chi connectivity index (χ2v) is 2.56. The minimum Gasteiger partial charge on any atom is -0.467 e. The third-order valence-corrected chi connectivity index (χ3v) is 1.37. The Morgan fingerprint density at radius 2 is 2.27 bits per heavy atom. The molecule has 0 amide bonds. The zero-order valence-electron chi connectivity index (χ0n) is 7.61. The van der Waals surface area contributed by atoms with Gasteiger partial charge in [0.25, 0.3) is 6.47 Å². The molecule has 0 fully saturated rings. The van der Waals surface area contributed by atoms with E-state index in [-0.39, 0.29) is 18.2 Å². The molecule has 84 valence electrons. The lowest BCUT2D eigenvalue weighted by Gasteiger charge is -2.05. The van der Waals surface area contributed by atoms with Crippen LogP contribution in [0.3, 0.4) is 0 Å². The molecule has 0 aliphatic heterocycles. The molecule has 0 radical (unpaired) electrons. The van der Waals surface area contributed by atoms with Gasteiger partial charge in [0.1, 0.15) is 0 Å². The van der Waals surface area contributed by atoms with Crippen molar-refractivity contribution >= 4 is 6.47 Å². The number of ether oxygens (including phenoxy) is 2. The summed E-state index contributed by atoms with van der Waals surface area (Å²) in [5.41, 5.74) is 0. The number of hydrogen-bond donors (Lipinski definition) is 0. The number of aromatic nitrogens is 2. The molecule has 1 heterocycles. The summed E-state index contributed by atoms with van der Waals surface area (Å²) in [7, 11) is 1.40. The molecule has 0 aliphatic carbocycles. The SMILES string of the molecule is Cn1nc(OCC(F)(F)F)cc1OC=O. The van der Waals surface area contributed by atoms with Crippen LogP contribution in [0, 0.1) is 0 Å². The Morgan fingerprint density at radius 3 is 2.80 bits per heavy atom. The van der Waals surface area contributed by atoms with Crippen molar-refractivity contribution in [2.45, 2.75) is 6.18 Å². The number of nitrogens with zero attached hydrogens (tertiary/aromatic N) is 2. The molecule has 15 heavy (non-hydrogen) atoms. The van der Waals surface area contributed by atoms with Crippen molar-refractivity contribution in [3.8, 4) is 11.8 Å². The van der Waals surface area contributed by atoms with Crippen LogP contribution in [-0.2, 0) is 11.8 Å². The van der Waals surface area contributed by atoms with Crippen LogP contribution in [0.15, 0.2) is 6.07 Å². The third-order valence-electron chi connectivity index (χ3n) is 1.37. The third kappa shape index (κ3) is 3.49. The standard InChI is InChI=1S/C7H7F3N2O3/c1-12-6(15-4-13)2-5(11-12)14-3-7(8,9)10/h2,4H,3H2,1H3. The highest BCUT2D eigenvalue weighted by molar-refractivity contribution is 5.43. The van der Waals surface area contributed by atoms with Crippen molar-refractivity contribution in [3.63, 3.8) is 0 Å². The fourth-order valence-electron chi connectivity index (χ4n) is 0.811. The van der Waals surface area contributed by atoms with Gasteiger partial charge < -0.3 is 9.47 Å². The normalized spacial score (nSPS) is 11.2. The summed E-state index contributed by atoms with van der Waals surface area (Å²) >= 11 is 0. The average Bonchev–Trinajstić information content (AvgIpc) is 2.44. The van der Waals surface area contributed by atoms with Gasteiger partial charge in [0.2, 0.25) is 11.8 Å². The Labute approximate surface area is 82.4 Å². The fourth-order valence-corrected chi connectivity index (χ4v) is 0.811. The van der Waals surface area contributed by atoms with Gasteiger partial charge >= 0.3 is 6.18 Å². The lowest BCUT2D eigenvalue weighted by molar-refractivity contribution is -0.154. The Hall–Kier alpha value is -1.73. The van der Waals surface area contributed by atoms with Crippen molar-refractivity contribution < 1.29 is 27.4 Å². The average molecular weight is 224 g/mol. The van der Waals surface area contributed by atoms with E-state index in [4.69, 9.17) is 0 Å². The summed E-state index contributed by atoms with van der Waals surface area (Å²) in [5, 5.41) is 3.54. The first-order chi connectivity index (χ1) is 6.92. The lowest BCUT2D eigenvalue weighted by Crippen LogP contribution is -2.19. The minimum absolute atomic E-state index is 0.00201. The summed E-state index contributed by atoms with van der Waals surface area (Å²) in [6.07, 6.45) is -4.43. The van der Waals surface area contributed by atoms with Crippen LogP contribution in [0.5, 0.6) is 11.8 Å². The maximum absolute atomic E-state index is 11.7. The number of hydrogen-bond acceptors (Lipinski definition) is 4. The molecule has 8 heteroatoms. The smallest absolute Gasteiger partial charge is 0.422 e.